The van der Waals surface area contributed by atoms with Crippen molar-refractivity contribution in [2.75, 3.05) is 5.32 Å². The van der Waals surface area contributed by atoms with E-state index in [-0.39, 0.29) is 17.3 Å². The maximum absolute atomic E-state index is 12.4. The van der Waals surface area contributed by atoms with Crippen molar-refractivity contribution in [3.8, 4) is 0 Å². The van der Waals surface area contributed by atoms with Gasteiger partial charge in [0.1, 0.15) is 6.29 Å². The monoisotopic (exact) mass is 302 g/mol. The number of benzene rings is 1. The van der Waals surface area contributed by atoms with Gasteiger partial charge in [-0.3, -0.25) is 4.79 Å². The highest BCUT2D eigenvalue weighted by Gasteiger charge is 2.43. The maximum Gasteiger partial charge on any atom is 0.230 e. The number of carbonyl (C=O) groups excluding carboxylic acids is 2. The first-order chi connectivity index (χ1) is 10.6. The predicted octanol–water partition coefficient (Wildman–Crippen LogP) is 1.55. The normalized spacial score (nSPS) is 15.5. The van der Waals surface area contributed by atoms with Gasteiger partial charge in [-0.05, 0) is 37.0 Å². The van der Waals surface area contributed by atoms with Crippen LogP contribution in [0.3, 0.4) is 0 Å². The molecule has 22 heavy (non-hydrogen) atoms. The Labute approximate surface area is 130 Å². The number of rotatable bonds is 7. The predicted molar refractivity (Wildman–Crippen MR) is 86.2 cm³/mol. The molecule has 1 saturated carbocycles. The molecule has 0 aromatic heterocycles. The van der Waals surface area contributed by atoms with Gasteiger partial charge in [-0.1, -0.05) is 18.6 Å². The molecule has 1 aromatic rings. The number of hydrogen-bond acceptors (Lipinski definition) is 3. The Kier molecular flexibility index (Phi) is 5.14. The van der Waals surface area contributed by atoms with Gasteiger partial charge in [-0.15, -0.1) is 0 Å². The third-order valence-electron chi connectivity index (χ3n) is 4.19. The molecule has 0 atom stereocenters. The largest absolute Gasteiger partial charge is 0.370 e. The van der Waals surface area contributed by atoms with E-state index in [2.05, 4.69) is 10.3 Å². The van der Waals surface area contributed by atoms with Crippen molar-refractivity contribution in [1.29, 1.82) is 0 Å². The molecule has 0 spiro atoms. The summed E-state index contributed by atoms with van der Waals surface area (Å²) in [6, 6.07) is 7.42. The van der Waals surface area contributed by atoms with E-state index >= 15 is 0 Å². The molecule has 6 heteroatoms. The number of carbonyl (C=O) groups is 2. The zero-order chi connectivity index (χ0) is 16.0. The summed E-state index contributed by atoms with van der Waals surface area (Å²) in [5.74, 6) is 0.0667. The van der Waals surface area contributed by atoms with Crippen LogP contribution >= 0.6 is 0 Å². The smallest absolute Gasteiger partial charge is 0.230 e. The van der Waals surface area contributed by atoms with Gasteiger partial charge in [0.25, 0.3) is 0 Å². The van der Waals surface area contributed by atoms with Gasteiger partial charge < -0.3 is 21.6 Å². The summed E-state index contributed by atoms with van der Waals surface area (Å²) in [7, 11) is 0. The van der Waals surface area contributed by atoms with Crippen molar-refractivity contribution in [3.05, 3.63) is 29.8 Å². The van der Waals surface area contributed by atoms with Crippen molar-refractivity contribution >= 4 is 23.8 Å². The molecule has 1 aromatic carbocycles. The summed E-state index contributed by atoms with van der Waals surface area (Å²) < 4.78 is 0. The van der Waals surface area contributed by atoms with Crippen LogP contribution in [0.1, 0.15) is 37.7 Å². The van der Waals surface area contributed by atoms with Crippen molar-refractivity contribution in [1.82, 2.24) is 0 Å². The van der Waals surface area contributed by atoms with Crippen LogP contribution in [0.2, 0.25) is 0 Å². The van der Waals surface area contributed by atoms with Gasteiger partial charge in [0.2, 0.25) is 5.91 Å². The Bertz CT molecular complexity index is 558. The van der Waals surface area contributed by atoms with Crippen LogP contribution in [0.15, 0.2) is 29.3 Å². The summed E-state index contributed by atoms with van der Waals surface area (Å²) in [6.07, 6.45) is 4.70. The van der Waals surface area contributed by atoms with E-state index in [0.717, 1.165) is 36.8 Å². The van der Waals surface area contributed by atoms with E-state index in [1.807, 2.05) is 24.3 Å². The molecule has 0 unspecified atom stereocenters. The maximum atomic E-state index is 12.4. The van der Waals surface area contributed by atoms with Crippen molar-refractivity contribution in [2.24, 2.45) is 21.9 Å². The van der Waals surface area contributed by atoms with E-state index in [9.17, 15) is 9.59 Å². The molecule has 0 heterocycles. The second-order valence-electron chi connectivity index (χ2n) is 5.73. The second kappa shape index (κ2) is 7.06. The second-order valence-corrected chi connectivity index (χ2v) is 5.73. The highest BCUT2D eigenvalue weighted by atomic mass is 16.2. The number of nitrogens with one attached hydrogen (secondary N) is 1. The molecule has 0 aliphatic heterocycles. The molecule has 0 radical (unpaired) electrons. The first kappa shape index (κ1) is 16.0. The molecule has 2 rings (SSSR count). The number of hydrogen-bond donors (Lipinski definition) is 3. The Morgan fingerprint density at radius 1 is 1.27 bits per heavy atom. The first-order valence-electron chi connectivity index (χ1n) is 7.45. The SMILES string of the molecule is NC(N)=NCc1ccc(NC(=O)C2(CCC=O)CCC2)cc1. The van der Waals surface area contributed by atoms with Gasteiger partial charge in [0, 0.05) is 17.5 Å². The minimum Gasteiger partial charge on any atom is -0.370 e. The Morgan fingerprint density at radius 3 is 2.45 bits per heavy atom. The van der Waals surface area contributed by atoms with Gasteiger partial charge in [0.05, 0.1) is 6.54 Å². The molecule has 0 bridgehead atoms. The number of anilines is 1. The highest BCUT2D eigenvalue weighted by Crippen LogP contribution is 2.45. The van der Waals surface area contributed by atoms with E-state index < -0.39 is 0 Å². The fraction of sp³-hybridized carbons (Fsp3) is 0.438. The lowest BCUT2D eigenvalue weighted by molar-refractivity contribution is -0.131. The summed E-state index contributed by atoms with van der Waals surface area (Å²) in [5, 5.41) is 2.95. The zero-order valence-corrected chi connectivity index (χ0v) is 12.5. The number of amides is 1. The first-order valence-corrected chi connectivity index (χ1v) is 7.45. The fourth-order valence-corrected chi connectivity index (χ4v) is 2.67. The standard InChI is InChI=1S/C16H22N4O2/c17-15(18)19-11-12-3-5-13(6-4-12)20-14(22)16(7-1-8-16)9-2-10-21/h3-6,10H,1-2,7-9,11H2,(H,20,22)(H4,17,18,19). The molecule has 118 valence electrons. The number of guanidine groups is 1. The number of aliphatic imine (C=N–C) groups is 1. The Morgan fingerprint density at radius 2 is 1.95 bits per heavy atom. The van der Waals surface area contributed by atoms with Crippen LogP contribution < -0.4 is 16.8 Å². The average Bonchev–Trinajstić information content (AvgIpc) is 2.45. The van der Waals surface area contributed by atoms with E-state index in [1.54, 1.807) is 0 Å². The van der Waals surface area contributed by atoms with Gasteiger partial charge in [-0.25, -0.2) is 4.99 Å². The van der Waals surface area contributed by atoms with Crippen LogP contribution in [0, 0.1) is 5.41 Å². The molecule has 1 fully saturated rings. The lowest BCUT2D eigenvalue weighted by atomic mass is 9.65. The fourth-order valence-electron chi connectivity index (χ4n) is 2.67. The number of aldehydes is 1. The van der Waals surface area contributed by atoms with Crippen LogP contribution in [0.25, 0.3) is 0 Å². The summed E-state index contributed by atoms with van der Waals surface area (Å²) in [4.78, 5) is 26.9. The lowest BCUT2D eigenvalue weighted by Crippen LogP contribution is -2.42. The molecule has 1 amide bonds. The highest BCUT2D eigenvalue weighted by molar-refractivity contribution is 5.96. The molecule has 1 aliphatic carbocycles. The van der Waals surface area contributed by atoms with Crippen LogP contribution in [0.4, 0.5) is 5.69 Å². The summed E-state index contributed by atoms with van der Waals surface area (Å²) in [6.45, 7) is 0.416. The molecule has 5 N–H and O–H groups in total. The quantitative estimate of drug-likeness (QED) is 0.403. The van der Waals surface area contributed by atoms with Crippen molar-refractivity contribution in [3.63, 3.8) is 0 Å². The third-order valence-corrected chi connectivity index (χ3v) is 4.19. The lowest BCUT2D eigenvalue weighted by Gasteiger charge is -2.40. The van der Waals surface area contributed by atoms with Crippen LogP contribution in [-0.2, 0) is 16.1 Å². The van der Waals surface area contributed by atoms with E-state index in [4.69, 9.17) is 11.5 Å². The van der Waals surface area contributed by atoms with E-state index in [0.29, 0.717) is 19.4 Å². The molecule has 6 nitrogen and oxygen atoms in total. The van der Waals surface area contributed by atoms with Gasteiger partial charge in [-0.2, -0.15) is 0 Å². The van der Waals surface area contributed by atoms with Gasteiger partial charge in [0.15, 0.2) is 5.96 Å². The number of nitrogens with zero attached hydrogens (tertiary/aromatic N) is 1. The van der Waals surface area contributed by atoms with Crippen molar-refractivity contribution in [2.45, 2.75) is 38.6 Å². The Hall–Kier alpha value is -2.37. The van der Waals surface area contributed by atoms with Crippen LogP contribution in [0.5, 0.6) is 0 Å². The van der Waals surface area contributed by atoms with E-state index in [1.165, 1.54) is 0 Å². The average molecular weight is 302 g/mol. The molecule has 1 aliphatic rings. The molecular formula is C16H22N4O2. The number of nitrogens with two attached hydrogens (primary N) is 2. The summed E-state index contributed by atoms with van der Waals surface area (Å²) >= 11 is 0. The Balaban J connectivity index is 1.96. The molecular weight excluding hydrogens is 280 g/mol. The topological polar surface area (TPSA) is 111 Å². The summed E-state index contributed by atoms with van der Waals surface area (Å²) in [5.41, 5.74) is 11.9. The van der Waals surface area contributed by atoms with Crippen molar-refractivity contribution < 1.29 is 9.59 Å². The molecule has 0 saturated heterocycles. The van der Waals surface area contributed by atoms with Gasteiger partial charge >= 0.3 is 0 Å². The van der Waals surface area contributed by atoms with Crippen LogP contribution in [-0.4, -0.2) is 18.2 Å². The zero-order valence-electron chi connectivity index (χ0n) is 12.5. The third kappa shape index (κ3) is 3.84. The minimum atomic E-state index is -0.363. The minimum absolute atomic E-state index is 0.0116.